The van der Waals surface area contributed by atoms with Crippen molar-refractivity contribution >= 4 is 23.4 Å². The molecule has 2 N–H and O–H groups in total. The number of carboxylic acid groups (broad SMARTS) is 1. The van der Waals surface area contributed by atoms with Crippen LogP contribution in [0.3, 0.4) is 0 Å². The first-order valence-corrected chi connectivity index (χ1v) is 5.41. The van der Waals surface area contributed by atoms with Gasteiger partial charge in [0.15, 0.2) is 0 Å². The summed E-state index contributed by atoms with van der Waals surface area (Å²) < 4.78 is 0. The molecule has 5 nitrogen and oxygen atoms in total. The van der Waals surface area contributed by atoms with Crippen molar-refractivity contribution in [3.05, 3.63) is 22.8 Å². The summed E-state index contributed by atoms with van der Waals surface area (Å²) in [6.45, 7) is 3.52. The molecule has 1 aromatic heterocycles. The summed E-state index contributed by atoms with van der Waals surface area (Å²) in [4.78, 5) is 17.0. The molecule has 0 unspecified atom stereocenters. The fraction of sp³-hybridized carbons (Fsp3) is 0.400. The minimum atomic E-state index is -1.05. The molecule has 0 bridgehead atoms. The highest BCUT2D eigenvalue weighted by Gasteiger charge is 2.15. The minimum absolute atomic E-state index is 0.0422. The number of hydrogen-bond donors (Lipinski definition) is 2. The highest BCUT2D eigenvalue weighted by molar-refractivity contribution is 6.33. The van der Waals surface area contributed by atoms with Gasteiger partial charge in [0.1, 0.15) is 5.82 Å². The van der Waals surface area contributed by atoms with E-state index in [1.54, 1.807) is 6.07 Å². The zero-order chi connectivity index (χ0) is 11.5. The van der Waals surface area contributed by atoms with Crippen molar-refractivity contribution in [2.24, 2.45) is 0 Å². The quantitative estimate of drug-likeness (QED) is 0.804. The Bertz CT molecular complexity index is 405. The first kappa shape index (κ1) is 11.2. The number of nitrogens with zero attached hydrogens (tertiary/aromatic N) is 2. The summed E-state index contributed by atoms with van der Waals surface area (Å²) >= 11 is 5.88. The van der Waals surface area contributed by atoms with Crippen LogP contribution in [0.5, 0.6) is 0 Å². The summed E-state index contributed by atoms with van der Waals surface area (Å²) in [5.74, 6) is -0.319. The van der Waals surface area contributed by atoms with Gasteiger partial charge in [0.05, 0.1) is 10.6 Å². The fourth-order valence-electron chi connectivity index (χ4n) is 1.64. The molecule has 0 radical (unpaired) electrons. The molecule has 1 saturated heterocycles. The van der Waals surface area contributed by atoms with E-state index in [-0.39, 0.29) is 10.6 Å². The van der Waals surface area contributed by atoms with Gasteiger partial charge < -0.3 is 15.3 Å². The van der Waals surface area contributed by atoms with Crippen LogP contribution in [0.25, 0.3) is 0 Å². The molecule has 1 aliphatic heterocycles. The van der Waals surface area contributed by atoms with Crippen LogP contribution in [-0.2, 0) is 0 Å². The number of carboxylic acids is 1. The second kappa shape index (κ2) is 4.67. The number of halogens is 1. The van der Waals surface area contributed by atoms with Gasteiger partial charge in [0.2, 0.25) is 0 Å². The Morgan fingerprint density at radius 2 is 2.19 bits per heavy atom. The predicted octanol–water partition coefficient (Wildman–Crippen LogP) is 0.843. The van der Waals surface area contributed by atoms with E-state index in [0.29, 0.717) is 0 Å². The molecule has 2 heterocycles. The number of aromatic carboxylic acids is 1. The average Bonchev–Trinajstić information content (AvgIpc) is 2.29. The number of aromatic nitrogens is 1. The van der Waals surface area contributed by atoms with Crippen LogP contribution in [0.4, 0.5) is 5.82 Å². The van der Waals surface area contributed by atoms with Gasteiger partial charge in [-0.05, 0) is 0 Å². The molecule has 2 rings (SSSR count). The normalized spacial score (nSPS) is 16.2. The van der Waals surface area contributed by atoms with E-state index < -0.39 is 5.97 Å². The lowest BCUT2D eigenvalue weighted by Gasteiger charge is -2.28. The van der Waals surface area contributed by atoms with Crippen molar-refractivity contribution in [3.8, 4) is 0 Å². The lowest BCUT2D eigenvalue weighted by atomic mass is 10.2. The van der Waals surface area contributed by atoms with Crippen LogP contribution < -0.4 is 10.2 Å². The smallest absolute Gasteiger partial charge is 0.338 e. The largest absolute Gasteiger partial charge is 0.478 e. The second-order valence-electron chi connectivity index (χ2n) is 3.56. The van der Waals surface area contributed by atoms with Gasteiger partial charge in [0, 0.05) is 38.4 Å². The Labute approximate surface area is 98.0 Å². The zero-order valence-electron chi connectivity index (χ0n) is 8.61. The van der Waals surface area contributed by atoms with Crippen molar-refractivity contribution in [1.29, 1.82) is 0 Å². The number of anilines is 1. The van der Waals surface area contributed by atoms with E-state index in [9.17, 15) is 4.79 Å². The molecule has 1 fully saturated rings. The maximum Gasteiger partial charge on any atom is 0.338 e. The zero-order valence-corrected chi connectivity index (χ0v) is 9.37. The molecule has 6 heteroatoms. The molecular formula is C10H12ClN3O2. The van der Waals surface area contributed by atoms with Crippen LogP contribution in [0.2, 0.25) is 5.02 Å². The number of pyridine rings is 1. The van der Waals surface area contributed by atoms with Crippen LogP contribution >= 0.6 is 11.6 Å². The first-order valence-electron chi connectivity index (χ1n) is 5.03. The lowest BCUT2D eigenvalue weighted by molar-refractivity contribution is 0.0696. The van der Waals surface area contributed by atoms with Crippen LogP contribution in [0, 0.1) is 0 Å². The van der Waals surface area contributed by atoms with Crippen molar-refractivity contribution in [2.45, 2.75) is 0 Å². The van der Waals surface area contributed by atoms with Gasteiger partial charge in [-0.15, -0.1) is 0 Å². The Morgan fingerprint density at radius 3 is 2.75 bits per heavy atom. The number of carbonyl (C=O) groups is 1. The van der Waals surface area contributed by atoms with Gasteiger partial charge in [-0.2, -0.15) is 0 Å². The van der Waals surface area contributed by atoms with Gasteiger partial charge in [0.25, 0.3) is 0 Å². The summed E-state index contributed by atoms with van der Waals surface area (Å²) in [6.07, 6.45) is 1.31. The predicted molar refractivity (Wildman–Crippen MR) is 61.3 cm³/mol. The molecular weight excluding hydrogens is 230 g/mol. The second-order valence-corrected chi connectivity index (χ2v) is 3.97. The van der Waals surface area contributed by atoms with E-state index in [1.165, 1.54) is 6.20 Å². The lowest BCUT2D eigenvalue weighted by Crippen LogP contribution is -2.43. The van der Waals surface area contributed by atoms with Gasteiger partial charge in [-0.1, -0.05) is 11.6 Å². The molecule has 0 atom stereocenters. The van der Waals surface area contributed by atoms with Crippen LogP contribution in [0.15, 0.2) is 12.3 Å². The number of piperazine rings is 1. The third kappa shape index (κ3) is 2.25. The molecule has 0 aliphatic carbocycles. The van der Waals surface area contributed by atoms with E-state index in [0.717, 1.165) is 32.0 Å². The molecule has 0 spiro atoms. The first-order chi connectivity index (χ1) is 7.68. The SMILES string of the molecule is O=C(O)c1cnc(N2CCNCC2)cc1Cl. The molecule has 86 valence electrons. The number of hydrogen-bond acceptors (Lipinski definition) is 4. The van der Waals surface area contributed by atoms with E-state index in [1.807, 2.05) is 0 Å². The maximum atomic E-state index is 10.8. The van der Waals surface area contributed by atoms with Crippen molar-refractivity contribution in [2.75, 3.05) is 31.1 Å². The Kier molecular flexibility index (Phi) is 3.26. The van der Waals surface area contributed by atoms with Gasteiger partial charge in [-0.3, -0.25) is 0 Å². The molecule has 0 amide bonds. The Balaban J connectivity index is 2.23. The summed E-state index contributed by atoms with van der Waals surface area (Å²) in [6, 6.07) is 1.61. The molecule has 0 saturated carbocycles. The molecule has 0 aromatic carbocycles. The molecule has 1 aliphatic rings. The van der Waals surface area contributed by atoms with Crippen molar-refractivity contribution in [3.63, 3.8) is 0 Å². The highest BCUT2D eigenvalue weighted by atomic mass is 35.5. The average molecular weight is 242 g/mol. The third-order valence-corrected chi connectivity index (χ3v) is 2.82. The van der Waals surface area contributed by atoms with Crippen LogP contribution in [-0.4, -0.2) is 42.2 Å². The van der Waals surface area contributed by atoms with E-state index >= 15 is 0 Å². The molecule has 16 heavy (non-hydrogen) atoms. The number of rotatable bonds is 2. The van der Waals surface area contributed by atoms with Crippen LogP contribution in [0.1, 0.15) is 10.4 Å². The minimum Gasteiger partial charge on any atom is -0.478 e. The summed E-state index contributed by atoms with van der Waals surface area (Å²) in [5, 5.41) is 12.3. The van der Waals surface area contributed by atoms with E-state index in [4.69, 9.17) is 16.7 Å². The van der Waals surface area contributed by atoms with Crippen molar-refractivity contribution < 1.29 is 9.90 Å². The Hall–Kier alpha value is -1.33. The van der Waals surface area contributed by atoms with Crippen molar-refractivity contribution in [1.82, 2.24) is 10.3 Å². The third-order valence-electron chi connectivity index (χ3n) is 2.51. The van der Waals surface area contributed by atoms with E-state index in [2.05, 4.69) is 15.2 Å². The van der Waals surface area contributed by atoms with Gasteiger partial charge in [-0.25, -0.2) is 9.78 Å². The highest BCUT2D eigenvalue weighted by Crippen LogP contribution is 2.21. The fourth-order valence-corrected chi connectivity index (χ4v) is 1.87. The standard InChI is InChI=1S/C10H12ClN3O2/c11-8-5-9(13-6-7(8)10(15)16)14-3-1-12-2-4-14/h5-6,12H,1-4H2,(H,15,16). The number of nitrogens with one attached hydrogen (secondary N) is 1. The summed E-state index contributed by atoms with van der Waals surface area (Å²) in [5.41, 5.74) is 0.0422. The topological polar surface area (TPSA) is 65.5 Å². The van der Waals surface area contributed by atoms with Gasteiger partial charge >= 0.3 is 5.97 Å². The Morgan fingerprint density at radius 1 is 1.50 bits per heavy atom. The maximum absolute atomic E-state index is 10.8. The monoisotopic (exact) mass is 241 g/mol. The summed E-state index contributed by atoms with van der Waals surface area (Å²) in [7, 11) is 0. The molecule has 1 aromatic rings.